The Bertz CT molecular complexity index is 1250. The first-order valence-electron chi connectivity index (χ1n) is 17.8. The molecule has 1 heterocycles. The lowest BCUT2D eigenvalue weighted by molar-refractivity contribution is -0.143. The Balaban J connectivity index is 1.76. The lowest BCUT2D eigenvalue weighted by Gasteiger charge is -2.27. The van der Waals surface area contributed by atoms with Gasteiger partial charge >= 0.3 is 11.9 Å². The largest absolute Gasteiger partial charge is 0.481 e. The number of nitrogens with zero attached hydrogens (tertiary/aromatic N) is 1. The van der Waals surface area contributed by atoms with Crippen LogP contribution in [0.1, 0.15) is 72.1 Å². The number of Topliss-reactive ketones (excluding diaryl/α,β-unsaturated/α-hetero) is 2. The number of alkyl halides is 1. The average Bonchev–Trinajstić information content (AvgIpc) is 3.78. The number of halogens is 1. The molecule has 0 radical (unpaired) electrons. The summed E-state index contributed by atoms with van der Waals surface area (Å²) in [6.07, 6.45) is 2.24. The van der Waals surface area contributed by atoms with E-state index in [1.807, 2.05) is 4.90 Å². The molecule has 296 valence electrons. The fourth-order valence-electron chi connectivity index (χ4n) is 5.89. The van der Waals surface area contributed by atoms with Gasteiger partial charge in [0, 0.05) is 49.4 Å². The molecule has 0 spiro atoms. The first-order valence-corrected chi connectivity index (χ1v) is 19.4. The Kier molecular flexibility index (Phi) is 19.6. The van der Waals surface area contributed by atoms with Crippen LogP contribution in [0.3, 0.4) is 0 Å². The van der Waals surface area contributed by atoms with Crippen molar-refractivity contribution in [2.75, 3.05) is 63.6 Å². The van der Waals surface area contributed by atoms with E-state index >= 15 is 0 Å². The highest BCUT2D eigenvalue weighted by molar-refractivity contribution is 14.1. The van der Waals surface area contributed by atoms with Gasteiger partial charge in [-0.25, -0.2) is 4.79 Å². The third-order valence-corrected chi connectivity index (χ3v) is 10.8. The molecule has 1 saturated carbocycles. The number of nitrogens with one attached hydrogen (secondary N) is 4. The predicted molar refractivity (Wildman–Crippen MR) is 198 cm³/mol. The van der Waals surface area contributed by atoms with E-state index in [0.717, 1.165) is 17.3 Å². The number of ketones is 2. The van der Waals surface area contributed by atoms with Gasteiger partial charge in [-0.05, 0) is 65.2 Å². The molecule has 0 aromatic carbocycles. The SMILES string of the molecule is CC(C)(NCC(=O)NCCN)C(=O)COCCOCCN1CC1(C)C(=O)C(CCC(=O)O)NC(=O)CCC(NC(=O)C1CCC(CI)CC1)C(=O)O. The second kappa shape index (κ2) is 22.4. The van der Waals surface area contributed by atoms with Gasteiger partial charge in [-0.1, -0.05) is 22.6 Å². The Labute approximate surface area is 318 Å². The molecular formula is C34H57IN6O11. The molecule has 2 rings (SSSR count). The summed E-state index contributed by atoms with van der Waals surface area (Å²) in [4.78, 5) is 88.5. The van der Waals surface area contributed by atoms with Crippen LogP contribution < -0.4 is 27.0 Å². The normalized spacial score (nSPS) is 22.4. The number of carboxylic acid groups (broad SMARTS) is 2. The van der Waals surface area contributed by atoms with E-state index in [0.29, 0.717) is 44.9 Å². The van der Waals surface area contributed by atoms with E-state index in [1.165, 1.54) is 0 Å². The number of nitrogens with two attached hydrogens (primary N) is 1. The van der Waals surface area contributed by atoms with E-state index in [1.54, 1.807) is 20.8 Å². The quantitative estimate of drug-likeness (QED) is 0.0241. The summed E-state index contributed by atoms with van der Waals surface area (Å²) in [7, 11) is 0. The van der Waals surface area contributed by atoms with Gasteiger partial charge in [-0.3, -0.25) is 39.0 Å². The van der Waals surface area contributed by atoms with Crippen molar-refractivity contribution >= 4 is 63.8 Å². The second-order valence-corrected chi connectivity index (χ2v) is 15.0. The summed E-state index contributed by atoms with van der Waals surface area (Å²) in [5.41, 5.74) is 3.43. The van der Waals surface area contributed by atoms with Gasteiger partial charge in [0.05, 0.1) is 43.5 Å². The van der Waals surface area contributed by atoms with Crippen molar-refractivity contribution in [2.24, 2.45) is 17.6 Å². The second-order valence-electron chi connectivity index (χ2n) is 14.1. The van der Waals surface area contributed by atoms with Gasteiger partial charge in [-0.15, -0.1) is 0 Å². The number of carboxylic acids is 2. The molecule has 2 aliphatic rings. The minimum atomic E-state index is -1.27. The number of ether oxygens (including phenoxy) is 2. The van der Waals surface area contributed by atoms with Crippen LogP contribution in [0, 0.1) is 11.8 Å². The monoisotopic (exact) mass is 852 g/mol. The Morgan fingerprint density at radius 2 is 1.58 bits per heavy atom. The van der Waals surface area contributed by atoms with Gasteiger partial charge in [0.2, 0.25) is 17.7 Å². The standard InChI is InChI=1S/C34H57IN6O11/c1-33(2,38-19-28(44)37-13-12-36)26(42)20-52-17-16-51-15-14-41-21-34(41,3)30(47)24(9-11-29(45)46)39-27(43)10-8-25(32(49)50)40-31(48)23-6-4-22(18-35)5-7-23/h22-25,38H,4-21,36H2,1-3H3,(H,37,44)(H,39,43)(H,40,48)(H,45,46)(H,49,50). The number of aliphatic carboxylic acids is 2. The van der Waals surface area contributed by atoms with Crippen LogP contribution in [0.25, 0.3) is 0 Å². The molecule has 3 amide bonds. The zero-order valence-corrected chi connectivity index (χ0v) is 32.7. The molecule has 1 saturated heterocycles. The molecule has 17 nitrogen and oxygen atoms in total. The van der Waals surface area contributed by atoms with Crippen LogP contribution in [-0.2, 0) is 43.0 Å². The number of hydrogen-bond acceptors (Lipinski definition) is 12. The third-order valence-electron chi connectivity index (χ3n) is 9.60. The van der Waals surface area contributed by atoms with Crippen LogP contribution in [0.4, 0.5) is 0 Å². The number of rotatable bonds is 27. The predicted octanol–water partition coefficient (Wildman–Crippen LogP) is -0.384. The fourth-order valence-corrected chi connectivity index (χ4v) is 6.77. The average molecular weight is 853 g/mol. The molecule has 2 fully saturated rings. The summed E-state index contributed by atoms with van der Waals surface area (Å²) >= 11 is 2.33. The van der Waals surface area contributed by atoms with Crippen molar-refractivity contribution in [2.45, 2.75) is 95.3 Å². The van der Waals surface area contributed by atoms with Crippen LogP contribution in [-0.4, -0.2) is 143 Å². The molecule has 4 unspecified atom stereocenters. The lowest BCUT2D eigenvalue weighted by Crippen LogP contribution is -2.52. The minimum absolute atomic E-state index is 0.0414. The smallest absolute Gasteiger partial charge is 0.326 e. The summed E-state index contributed by atoms with van der Waals surface area (Å²) in [6, 6.07) is -2.37. The van der Waals surface area contributed by atoms with Crippen molar-refractivity contribution in [1.29, 1.82) is 0 Å². The zero-order chi connectivity index (χ0) is 38.9. The minimum Gasteiger partial charge on any atom is -0.481 e. The van der Waals surface area contributed by atoms with Gasteiger partial charge in [0.1, 0.15) is 12.6 Å². The molecule has 0 aromatic rings. The summed E-state index contributed by atoms with van der Waals surface area (Å²) in [6.45, 7) is 6.78. The molecule has 0 bridgehead atoms. The van der Waals surface area contributed by atoms with E-state index in [9.17, 15) is 43.8 Å². The van der Waals surface area contributed by atoms with E-state index in [2.05, 4.69) is 43.9 Å². The van der Waals surface area contributed by atoms with Gasteiger partial charge in [-0.2, -0.15) is 0 Å². The number of hydrogen-bond donors (Lipinski definition) is 7. The molecule has 18 heteroatoms. The molecule has 1 aliphatic carbocycles. The molecule has 0 aromatic heterocycles. The highest BCUT2D eigenvalue weighted by atomic mass is 127. The summed E-state index contributed by atoms with van der Waals surface area (Å²) < 4.78 is 12.0. The van der Waals surface area contributed by atoms with Crippen LogP contribution in [0.5, 0.6) is 0 Å². The topological polar surface area (TPSA) is 256 Å². The van der Waals surface area contributed by atoms with Crippen LogP contribution in [0.2, 0.25) is 0 Å². The maximum Gasteiger partial charge on any atom is 0.326 e. The van der Waals surface area contributed by atoms with E-state index < -0.39 is 41.0 Å². The highest BCUT2D eigenvalue weighted by Crippen LogP contribution is 2.34. The van der Waals surface area contributed by atoms with Gasteiger partial charge < -0.3 is 41.4 Å². The number of amides is 3. The van der Waals surface area contributed by atoms with Crippen molar-refractivity contribution in [1.82, 2.24) is 26.2 Å². The van der Waals surface area contributed by atoms with Crippen molar-refractivity contribution in [3.8, 4) is 0 Å². The molecular weight excluding hydrogens is 795 g/mol. The molecule has 8 N–H and O–H groups in total. The van der Waals surface area contributed by atoms with Crippen molar-refractivity contribution in [3.63, 3.8) is 0 Å². The van der Waals surface area contributed by atoms with Crippen molar-refractivity contribution < 1.29 is 53.2 Å². The van der Waals surface area contributed by atoms with Crippen LogP contribution >= 0.6 is 22.6 Å². The Morgan fingerprint density at radius 1 is 0.923 bits per heavy atom. The van der Waals surface area contributed by atoms with E-state index in [-0.39, 0.29) is 88.0 Å². The van der Waals surface area contributed by atoms with E-state index in [4.69, 9.17) is 15.2 Å². The lowest BCUT2D eigenvalue weighted by atomic mass is 9.82. The zero-order valence-electron chi connectivity index (χ0n) is 30.5. The van der Waals surface area contributed by atoms with Crippen LogP contribution in [0.15, 0.2) is 0 Å². The first kappa shape index (κ1) is 45.4. The maximum absolute atomic E-state index is 13.5. The Morgan fingerprint density at radius 3 is 2.19 bits per heavy atom. The molecule has 4 atom stereocenters. The van der Waals surface area contributed by atoms with Gasteiger partial charge in [0.15, 0.2) is 11.6 Å². The summed E-state index contributed by atoms with van der Waals surface area (Å²) in [5, 5.41) is 29.6. The molecule has 1 aliphatic heterocycles. The van der Waals surface area contributed by atoms with Crippen molar-refractivity contribution in [3.05, 3.63) is 0 Å². The third kappa shape index (κ3) is 15.7. The number of carbonyl (C=O) groups excluding carboxylic acids is 5. The summed E-state index contributed by atoms with van der Waals surface area (Å²) in [5.74, 6) is -3.91. The number of carbonyl (C=O) groups is 7. The highest BCUT2D eigenvalue weighted by Gasteiger charge is 2.55. The van der Waals surface area contributed by atoms with Gasteiger partial charge in [0.25, 0.3) is 0 Å². The maximum atomic E-state index is 13.5. The molecule has 52 heavy (non-hydrogen) atoms. The Hall–Kier alpha value is -2.78. The fraction of sp³-hybridized carbons (Fsp3) is 0.794. The first-order chi connectivity index (χ1) is 24.5.